The van der Waals surface area contributed by atoms with Crippen LogP contribution in [0.5, 0.6) is 11.5 Å². The first kappa shape index (κ1) is 18.3. The quantitative estimate of drug-likeness (QED) is 0.241. The van der Waals surface area contributed by atoms with Gasteiger partial charge in [0.25, 0.3) is 0 Å². The monoisotopic (exact) mass is 304 g/mol. The molecule has 0 saturated heterocycles. The number of benzene rings is 1. The molecule has 0 heterocycles. The molecule has 1 aromatic carbocycles. The zero-order valence-corrected chi connectivity index (χ0v) is 13.9. The van der Waals surface area contributed by atoms with Crippen molar-refractivity contribution in [3.8, 4) is 11.5 Å². The minimum Gasteiger partial charge on any atom is -0.490 e. The molecular formula is C19H28O3. The molecule has 0 amide bonds. The van der Waals surface area contributed by atoms with E-state index in [2.05, 4.69) is 13.5 Å². The van der Waals surface area contributed by atoms with Crippen LogP contribution in [-0.2, 0) is 4.79 Å². The molecule has 0 atom stereocenters. The minimum absolute atomic E-state index is 0.377. The molecule has 1 rings (SSSR count). The highest BCUT2D eigenvalue weighted by Crippen LogP contribution is 2.27. The van der Waals surface area contributed by atoms with E-state index in [0.29, 0.717) is 23.7 Å². The van der Waals surface area contributed by atoms with E-state index in [0.717, 1.165) is 6.42 Å². The van der Waals surface area contributed by atoms with Crippen LogP contribution < -0.4 is 9.47 Å². The molecule has 0 unspecified atom stereocenters. The summed E-state index contributed by atoms with van der Waals surface area (Å²) in [5.41, 5.74) is 0.377. The lowest BCUT2D eigenvalue weighted by molar-refractivity contribution is -0.130. The third kappa shape index (κ3) is 7.30. The molecule has 0 fully saturated rings. The van der Waals surface area contributed by atoms with E-state index >= 15 is 0 Å². The number of carbonyl (C=O) groups excluding carboxylic acids is 1. The summed E-state index contributed by atoms with van der Waals surface area (Å²) >= 11 is 0. The first-order valence-corrected chi connectivity index (χ1v) is 8.24. The molecule has 0 saturated carbocycles. The summed E-state index contributed by atoms with van der Waals surface area (Å²) in [5.74, 6) is 0.647. The molecule has 0 bridgehead atoms. The maximum atomic E-state index is 11.6. The van der Waals surface area contributed by atoms with Crippen LogP contribution >= 0.6 is 0 Å². The summed E-state index contributed by atoms with van der Waals surface area (Å²) in [6, 6.07) is 7.25. The van der Waals surface area contributed by atoms with Gasteiger partial charge in [-0.05, 0) is 25.5 Å². The highest BCUT2D eigenvalue weighted by molar-refractivity contribution is 5.89. The van der Waals surface area contributed by atoms with Crippen molar-refractivity contribution in [2.24, 2.45) is 0 Å². The lowest BCUT2D eigenvalue weighted by Gasteiger charge is -2.11. The Bertz CT molecular complexity index is 466. The summed E-state index contributed by atoms with van der Waals surface area (Å²) in [5, 5.41) is 0. The Balaban J connectivity index is 2.30. The standard InChI is InChI=1S/C19H28O3/c1-4-5-6-7-8-9-12-15-21-17-13-10-11-14-18(17)22-19(20)16(2)3/h10-11,13-14H,2,4-9,12,15H2,1,3H3. The van der Waals surface area contributed by atoms with Crippen molar-refractivity contribution in [3.63, 3.8) is 0 Å². The maximum Gasteiger partial charge on any atom is 0.338 e. The zero-order valence-electron chi connectivity index (χ0n) is 13.9. The van der Waals surface area contributed by atoms with Gasteiger partial charge in [0, 0.05) is 5.57 Å². The smallest absolute Gasteiger partial charge is 0.338 e. The number of carbonyl (C=O) groups is 1. The van der Waals surface area contributed by atoms with Crippen LogP contribution in [0.25, 0.3) is 0 Å². The van der Waals surface area contributed by atoms with E-state index in [1.807, 2.05) is 18.2 Å². The maximum absolute atomic E-state index is 11.6. The van der Waals surface area contributed by atoms with Gasteiger partial charge in [-0.2, -0.15) is 0 Å². The van der Waals surface area contributed by atoms with Gasteiger partial charge in [-0.1, -0.05) is 64.2 Å². The predicted octanol–water partition coefficient (Wildman–Crippen LogP) is 5.30. The second-order valence-electron chi connectivity index (χ2n) is 5.59. The molecule has 1 aromatic rings. The fourth-order valence-electron chi connectivity index (χ4n) is 2.08. The summed E-state index contributed by atoms with van der Waals surface area (Å²) in [6.45, 7) is 8.09. The van der Waals surface area contributed by atoms with Crippen molar-refractivity contribution >= 4 is 5.97 Å². The van der Waals surface area contributed by atoms with Crippen molar-refractivity contribution in [1.82, 2.24) is 0 Å². The van der Waals surface area contributed by atoms with Crippen LogP contribution in [0.4, 0.5) is 0 Å². The zero-order chi connectivity index (χ0) is 16.2. The molecule has 0 spiro atoms. The van der Waals surface area contributed by atoms with Gasteiger partial charge in [-0.3, -0.25) is 0 Å². The Hall–Kier alpha value is -1.77. The fraction of sp³-hybridized carbons (Fsp3) is 0.526. The molecule has 122 valence electrons. The highest BCUT2D eigenvalue weighted by atomic mass is 16.6. The Morgan fingerprint density at radius 2 is 1.59 bits per heavy atom. The number of esters is 1. The molecule has 0 aliphatic rings. The van der Waals surface area contributed by atoms with Crippen LogP contribution in [0.2, 0.25) is 0 Å². The van der Waals surface area contributed by atoms with Gasteiger partial charge in [0.05, 0.1) is 6.61 Å². The van der Waals surface area contributed by atoms with Gasteiger partial charge in [-0.15, -0.1) is 0 Å². The van der Waals surface area contributed by atoms with E-state index in [1.165, 1.54) is 38.5 Å². The third-order valence-corrected chi connectivity index (χ3v) is 3.41. The average molecular weight is 304 g/mol. The van der Waals surface area contributed by atoms with Crippen LogP contribution in [0, 0.1) is 0 Å². The molecule has 0 aliphatic carbocycles. The van der Waals surface area contributed by atoms with Crippen molar-refractivity contribution in [3.05, 3.63) is 36.4 Å². The molecule has 0 aromatic heterocycles. The van der Waals surface area contributed by atoms with Crippen molar-refractivity contribution in [2.75, 3.05) is 6.61 Å². The van der Waals surface area contributed by atoms with Gasteiger partial charge in [0.2, 0.25) is 0 Å². The fourth-order valence-corrected chi connectivity index (χ4v) is 2.08. The van der Waals surface area contributed by atoms with E-state index in [1.54, 1.807) is 13.0 Å². The molecule has 3 heteroatoms. The number of ether oxygens (including phenoxy) is 2. The summed E-state index contributed by atoms with van der Waals surface area (Å²) in [4.78, 5) is 11.6. The number of hydrogen-bond acceptors (Lipinski definition) is 3. The van der Waals surface area contributed by atoms with Crippen LogP contribution in [-0.4, -0.2) is 12.6 Å². The van der Waals surface area contributed by atoms with E-state index in [-0.39, 0.29) is 0 Å². The van der Waals surface area contributed by atoms with Gasteiger partial charge in [0.1, 0.15) is 0 Å². The molecule has 22 heavy (non-hydrogen) atoms. The lowest BCUT2D eigenvalue weighted by Crippen LogP contribution is -2.09. The van der Waals surface area contributed by atoms with Crippen molar-refractivity contribution in [2.45, 2.75) is 58.8 Å². The Morgan fingerprint density at radius 1 is 1.00 bits per heavy atom. The third-order valence-electron chi connectivity index (χ3n) is 3.41. The summed E-state index contributed by atoms with van der Waals surface area (Å²) in [7, 11) is 0. The van der Waals surface area contributed by atoms with Gasteiger partial charge in [0.15, 0.2) is 11.5 Å². The first-order valence-electron chi connectivity index (χ1n) is 8.24. The average Bonchev–Trinajstić information content (AvgIpc) is 2.51. The lowest BCUT2D eigenvalue weighted by atomic mass is 10.1. The Labute approximate surface area is 134 Å². The molecule has 3 nitrogen and oxygen atoms in total. The normalized spacial score (nSPS) is 10.3. The largest absolute Gasteiger partial charge is 0.490 e. The predicted molar refractivity (Wildman–Crippen MR) is 90.4 cm³/mol. The molecular weight excluding hydrogens is 276 g/mol. The molecule has 0 radical (unpaired) electrons. The second-order valence-corrected chi connectivity index (χ2v) is 5.59. The van der Waals surface area contributed by atoms with E-state index < -0.39 is 5.97 Å². The number of unbranched alkanes of at least 4 members (excludes halogenated alkanes) is 6. The van der Waals surface area contributed by atoms with E-state index in [4.69, 9.17) is 9.47 Å². The number of para-hydroxylation sites is 2. The van der Waals surface area contributed by atoms with Crippen LogP contribution in [0.3, 0.4) is 0 Å². The molecule has 0 aliphatic heterocycles. The van der Waals surface area contributed by atoms with Gasteiger partial charge < -0.3 is 9.47 Å². The Kier molecular flexibility index (Phi) is 9.04. The number of hydrogen-bond donors (Lipinski definition) is 0. The van der Waals surface area contributed by atoms with Crippen molar-refractivity contribution < 1.29 is 14.3 Å². The topological polar surface area (TPSA) is 35.5 Å². The van der Waals surface area contributed by atoms with E-state index in [9.17, 15) is 4.79 Å². The van der Waals surface area contributed by atoms with Crippen LogP contribution in [0.15, 0.2) is 36.4 Å². The summed E-state index contributed by atoms with van der Waals surface area (Å²) < 4.78 is 11.0. The highest BCUT2D eigenvalue weighted by Gasteiger charge is 2.10. The van der Waals surface area contributed by atoms with Crippen LogP contribution in [0.1, 0.15) is 58.8 Å². The summed E-state index contributed by atoms with van der Waals surface area (Å²) in [6.07, 6.45) is 8.71. The van der Waals surface area contributed by atoms with Crippen molar-refractivity contribution in [1.29, 1.82) is 0 Å². The second kappa shape index (κ2) is 10.9. The molecule has 0 N–H and O–H groups in total. The minimum atomic E-state index is -0.424. The first-order chi connectivity index (χ1) is 10.6. The Morgan fingerprint density at radius 3 is 2.23 bits per heavy atom. The van der Waals surface area contributed by atoms with Gasteiger partial charge in [-0.25, -0.2) is 4.79 Å². The van der Waals surface area contributed by atoms with Gasteiger partial charge >= 0.3 is 5.97 Å². The SMILES string of the molecule is C=C(C)C(=O)Oc1ccccc1OCCCCCCCCC. The number of rotatable bonds is 11.